The van der Waals surface area contributed by atoms with E-state index < -0.39 is 5.97 Å². The van der Waals surface area contributed by atoms with Gasteiger partial charge in [-0.1, -0.05) is 69.1 Å². The van der Waals surface area contributed by atoms with Gasteiger partial charge in [-0.05, 0) is 66.8 Å². The molecular formula is C32H33ClN2O3S. The standard InChI is InChI=1S/C32H33ClN2O3S/c1-6-32(3,4)20-14-15-23-25(17-20)39-30(27(23)31(37)38-5)35-29(36)26-18(2)28(19-10-9-11-21(33)16-19)34-24-13-8-7-12-22(24)26/h7-13,16,20H,6,14-15,17H2,1-5H3,(H,35,36)/t20-/m0/s1. The van der Waals surface area contributed by atoms with Gasteiger partial charge in [-0.3, -0.25) is 4.79 Å². The Kier molecular flexibility index (Phi) is 7.53. The number of fused-ring (bicyclic) bond motifs is 2. The summed E-state index contributed by atoms with van der Waals surface area (Å²) in [5, 5.41) is 5.02. The maximum absolute atomic E-state index is 14.0. The van der Waals surface area contributed by atoms with Crippen molar-refractivity contribution >= 4 is 50.7 Å². The average Bonchev–Trinajstić information content (AvgIpc) is 3.29. The Morgan fingerprint density at radius 3 is 2.64 bits per heavy atom. The molecule has 1 amide bonds. The second kappa shape index (κ2) is 10.7. The highest BCUT2D eigenvalue weighted by Gasteiger charge is 2.36. The molecule has 0 aliphatic heterocycles. The van der Waals surface area contributed by atoms with Crippen LogP contribution >= 0.6 is 22.9 Å². The van der Waals surface area contributed by atoms with Crippen molar-refractivity contribution in [1.29, 1.82) is 0 Å². The number of carbonyl (C=O) groups is 2. The number of anilines is 1. The van der Waals surface area contributed by atoms with E-state index in [-0.39, 0.29) is 11.3 Å². The number of ether oxygens (including phenoxy) is 1. The quantitative estimate of drug-likeness (QED) is 0.240. The van der Waals surface area contributed by atoms with Gasteiger partial charge < -0.3 is 10.1 Å². The number of nitrogens with one attached hydrogen (secondary N) is 1. The molecule has 2 aromatic carbocycles. The van der Waals surface area contributed by atoms with Crippen LogP contribution in [0.15, 0.2) is 48.5 Å². The Labute approximate surface area is 238 Å². The molecule has 0 saturated heterocycles. The molecule has 1 aliphatic rings. The zero-order chi connectivity index (χ0) is 27.9. The lowest BCUT2D eigenvalue weighted by Gasteiger charge is -2.36. The molecule has 1 aliphatic carbocycles. The number of rotatable bonds is 6. The SMILES string of the molecule is CCC(C)(C)[C@H]1CCc2c(sc(NC(=O)c3c(C)c(-c4cccc(Cl)c4)nc4ccccc34)c2C(=O)OC)C1. The normalized spacial score (nSPS) is 15.2. The molecule has 5 nitrogen and oxygen atoms in total. The maximum Gasteiger partial charge on any atom is 0.341 e. The molecule has 0 fully saturated rings. The largest absolute Gasteiger partial charge is 0.465 e. The minimum atomic E-state index is -0.410. The first-order chi connectivity index (χ1) is 18.6. The van der Waals surface area contributed by atoms with Crippen LogP contribution in [0.3, 0.4) is 0 Å². The summed E-state index contributed by atoms with van der Waals surface area (Å²) < 4.78 is 5.18. The second-order valence-corrected chi connectivity index (χ2v) is 12.5. The number of hydrogen-bond donors (Lipinski definition) is 1. The lowest BCUT2D eigenvalue weighted by atomic mass is 9.69. The molecule has 2 heterocycles. The van der Waals surface area contributed by atoms with Crippen molar-refractivity contribution in [2.24, 2.45) is 11.3 Å². The Morgan fingerprint density at radius 1 is 1.15 bits per heavy atom. The minimum absolute atomic E-state index is 0.209. The van der Waals surface area contributed by atoms with Gasteiger partial charge in [0.05, 0.1) is 29.4 Å². The number of para-hydroxylation sites is 1. The predicted octanol–water partition coefficient (Wildman–Crippen LogP) is 8.51. The summed E-state index contributed by atoms with van der Waals surface area (Å²) in [5.74, 6) is -0.162. The molecule has 1 atom stereocenters. The van der Waals surface area contributed by atoms with Gasteiger partial charge >= 0.3 is 5.97 Å². The fraction of sp³-hybridized carbons (Fsp3) is 0.344. The highest BCUT2D eigenvalue weighted by Crippen LogP contribution is 2.46. The molecule has 39 heavy (non-hydrogen) atoms. The topological polar surface area (TPSA) is 68.3 Å². The zero-order valence-corrected chi connectivity index (χ0v) is 24.6. The highest BCUT2D eigenvalue weighted by atomic mass is 35.5. The first kappa shape index (κ1) is 27.4. The molecule has 202 valence electrons. The van der Waals surface area contributed by atoms with Crippen molar-refractivity contribution in [2.75, 3.05) is 12.4 Å². The van der Waals surface area contributed by atoms with Crippen LogP contribution in [-0.4, -0.2) is 24.0 Å². The second-order valence-electron chi connectivity index (χ2n) is 10.9. The molecular weight excluding hydrogens is 528 g/mol. The van der Waals surface area contributed by atoms with Gasteiger partial charge in [0.25, 0.3) is 5.91 Å². The third-order valence-corrected chi connectivity index (χ3v) is 9.76. The van der Waals surface area contributed by atoms with Gasteiger partial charge in [0.1, 0.15) is 5.00 Å². The number of thiophene rings is 1. The van der Waals surface area contributed by atoms with E-state index in [9.17, 15) is 9.59 Å². The predicted molar refractivity (Wildman–Crippen MR) is 160 cm³/mol. The number of carbonyl (C=O) groups excluding carboxylic acids is 2. The summed E-state index contributed by atoms with van der Waals surface area (Å²) in [6.07, 6.45) is 3.81. The first-order valence-electron chi connectivity index (χ1n) is 13.3. The molecule has 0 unspecified atom stereocenters. The van der Waals surface area contributed by atoms with E-state index in [0.717, 1.165) is 47.8 Å². The number of nitrogens with zero attached hydrogens (tertiary/aromatic N) is 1. The Morgan fingerprint density at radius 2 is 1.92 bits per heavy atom. The van der Waals surface area contributed by atoms with E-state index in [4.69, 9.17) is 21.3 Å². The van der Waals surface area contributed by atoms with Crippen LogP contribution in [0.5, 0.6) is 0 Å². The summed E-state index contributed by atoms with van der Waals surface area (Å²) in [7, 11) is 1.39. The van der Waals surface area contributed by atoms with Crippen molar-refractivity contribution in [3.8, 4) is 11.3 Å². The molecule has 1 N–H and O–H groups in total. The van der Waals surface area contributed by atoms with Crippen LogP contribution in [0, 0.1) is 18.3 Å². The molecule has 4 aromatic rings. The first-order valence-corrected chi connectivity index (χ1v) is 14.5. The van der Waals surface area contributed by atoms with Crippen molar-refractivity contribution in [3.05, 3.63) is 80.7 Å². The third kappa shape index (κ3) is 5.08. The summed E-state index contributed by atoms with van der Waals surface area (Å²) in [5.41, 5.74) is 5.25. The maximum atomic E-state index is 14.0. The van der Waals surface area contributed by atoms with Crippen molar-refractivity contribution in [1.82, 2.24) is 4.98 Å². The van der Waals surface area contributed by atoms with E-state index in [2.05, 4.69) is 26.1 Å². The summed E-state index contributed by atoms with van der Waals surface area (Å²) in [4.78, 5) is 33.1. The van der Waals surface area contributed by atoms with Crippen molar-refractivity contribution in [3.63, 3.8) is 0 Å². The van der Waals surface area contributed by atoms with Crippen LogP contribution in [0.1, 0.15) is 70.3 Å². The van der Waals surface area contributed by atoms with Crippen LogP contribution < -0.4 is 5.32 Å². The number of aromatic nitrogens is 1. The van der Waals surface area contributed by atoms with Crippen LogP contribution in [0.2, 0.25) is 5.02 Å². The van der Waals surface area contributed by atoms with Gasteiger partial charge in [0, 0.05) is 20.8 Å². The van der Waals surface area contributed by atoms with Crippen LogP contribution in [0.4, 0.5) is 5.00 Å². The summed E-state index contributed by atoms with van der Waals surface area (Å²) in [6, 6.07) is 15.1. The van der Waals surface area contributed by atoms with E-state index in [1.54, 1.807) is 0 Å². The molecule has 2 aromatic heterocycles. The molecule has 0 saturated carbocycles. The Bertz CT molecular complexity index is 1590. The Hall–Kier alpha value is -3.22. The van der Waals surface area contributed by atoms with Gasteiger partial charge in [0.2, 0.25) is 0 Å². The smallest absolute Gasteiger partial charge is 0.341 e. The minimum Gasteiger partial charge on any atom is -0.465 e. The fourth-order valence-corrected chi connectivity index (χ4v) is 7.13. The van der Waals surface area contributed by atoms with Crippen LogP contribution in [-0.2, 0) is 17.6 Å². The number of halogens is 1. The molecule has 0 spiro atoms. The number of amides is 1. The van der Waals surface area contributed by atoms with E-state index in [0.29, 0.717) is 38.3 Å². The number of benzene rings is 2. The molecule has 0 radical (unpaired) electrons. The third-order valence-electron chi connectivity index (χ3n) is 8.36. The van der Waals surface area contributed by atoms with Gasteiger partial charge in [-0.2, -0.15) is 0 Å². The molecule has 0 bridgehead atoms. The average molecular weight is 561 g/mol. The molecule has 5 rings (SSSR count). The number of hydrogen-bond acceptors (Lipinski definition) is 5. The lowest BCUT2D eigenvalue weighted by Crippen LogP contribution is -2.28. The van der Waals surface area contributed by atoms with Crippen molar-refractivity contribution < 1.29 is 14.3 Å². The van der Waals surface area contributed by atoms with Crippen LogP contribution in [0.25, 0.3) is 22.2 Å². The number of pyridine rings is 1. The van der Waals surface area contributed by atoms with Gasteiger partial charge in [0.15, 0.2) is 0 Å². The van der Waals surface area contributed by atoms with E-state index >= 15 is 0 Å². The van der Waals surface area contributed by atoms with Crippen molar-refractivity contribution in [2.45, 2.75) is 53.4 Å². The number of esters is 1. The lowest BCUT2D eigenvalue weighted by molar-refractivity contribution is 0.0600. The summed E-state index contributed by atoms with van der Waals surface area (Å²) >= 11 is 7.79. The number of methoxy groups -OCH3 is 1. The fourth-order valence-electron chi connectivity index (χ4n) is 5.63. The van der Waals surface area contributed by atoms with E-state index in [1.807, 2.05) is 55.5 Å². The zero-order valence-electron chi connectivity index (χ0n) is 23.0. The van der Waals surface area contributed by atoms with E-state index in [1.165, 1.54) is 23.3 Å². The van der Waals surface area contributed by atoms with Gasteiger partial charge in [-0.15, -0.1) is 11.3 Å². The monoisotopic (exact) mass is 560 g/mol. The van der Waals surface area contributed by atoms with Gasteiger partial charge in [-0.25, -0.2) is 9.78 Å². The Balaban J connectivity index is 1.59. The summed E-state index contributed by atoms with van der Waals surface area (Å²) in [6.45, 7) is 8.77. The molecule has 7 heteroatoms. The highest BCUT2D eigenvalue weighted by molar-refractivity contribution is 7.17.